The minimum absolute atomic E-state index is 0.215. The van der Waals surface area contributed by atoms with Crippen molar-refractivity contribution < 1.29 is 19.1 Å². The number of pyridine rings is 1. The standard InChI is InChI=1S/C23H22N2O4/c1-14(22(26)24-16-9-10-16)29-23(27)19-13-21(15-7-11-17(28-2)12-8-15)25-20-6-4-3-5-18(19)20/h3-8,11-14,16H,9-10H2,1-2H3,(H,24,26). The average Bonchev–Trinajstić information content (AvgIpc) is 3.56. The molecule has 2 aromatic carbocycles. The molecule has 1 fully saturated rings. The number of aromatic nitrogens is 1. The Hall–Kier alpha value is -3.41. The molecule has 0 spiro atoms. The van der Waals surface area contributed by atoms with E-state index in [0.29, 0.717) is 22.2 Å². The number of rotatable bonds is 6. The molecule has 29 heavy (non-hydrogen) atoms. The number of methoxy groups -OCH3 is 1. The van der Waals surface area contributed by atoms with Gasteiger partial charge >= 0.3 is 5.97 Å². The summed E-state index contributed by atoms with van der Waals surface area (Å²) in [6.07, 6.45) is 1.10. The van der Waals surface area contributed by atoms with Gasteiger partial charge in [-0.15, -0.1) is 0 Å². The molecule has 1 atom stereocenters. The molecular formula is C23H22N2O4. The van der Waals surface area contributed by atoms with Crippen molar-refractivity contribution >= 4 is 22.8 Å². The van der Waals surface area contributed by atoms with Gasteiger partial charge in [0, 0.05) is 17.0 Å². The Bertz CT molecular complexity index is 1060. The Labute approximate surface area is 168 Å². The second kappa shape index (κ2) is 7.91. The monoisotopic (exact) mass is 390 g/mol. The van der Waals surface area contributed by atoms with E-state index >= 15 is 0 Å². The van der Waals surface area contributed by atoms with E-state index in [1.807, 2.05) is 48.5 Å². The second-order valence-electron chi connectivity index (χ2n) is 7.13. The number of ether oxygens (including phenoxy) is 2. The molecule has 0 saturated heterocycles. The third-order valence-corrected chi connectivity index (χ3v) is 4.90. The van der Waals surface area contributed by atoms with Crippen LogP contribution in [-0.4, -0.2) is 36.1 Å². The normalized spacial score (nSPS) is 14.3. The molecule has 3 aromatic rings. The highest BCUT2D eigenvalue weighted by Gasteiger charge is 2.28. The first-order valence-electron chi connectivity index (χ1n) is 9.60. The molecule has 1 heterocycles. The predicted molar refractivity (Wildman–Crippen MR) is 110 cm³/mol. The van der Waals surface area contributed by atoms with Gasteiger partial charge in [0.05, 0.1) is 23.9 Å². The van der Waals surface area contributed by atoms with Gasteiger partial charge in [-0.2, -0.15) is 0 Å². The van der Waals surface area contributed by atoms with Crippen LogP contribution in [0.3, 0.4) is 0 Å². The molecule has 1 N–H and O–H groups in total. The summed E-state index contributed by atoms with van der Waals surface area (Å²) in [6, 6.07) is 16.8. The maximum atomic E-state index is 12.9. The van der Waals surface area contributed by atoms with E-state index in [1.54, 1.807) is 20.1 Å². The van der Waals surface area contributed by atoms with Crippen LogP contribution in [0.2, 0.25) is 0 Å². The van der Waals surface area contributed by atoms with Crippen molar-refractivity contribution in [3.8, 4) is 17.0 Å². The fourth-order valence-electron chi connectivity index (χ4n) is 3.08. The number of hydrogen-bond donors (Lipinski definition) is 1. The van der Waals surface area contributed by atoms with Crippen molar-refractivity contribution in [2.45, 2.75) is 31.9 Å². The highest BCUT2D eigenvalue weighted by atomic mass is 16.5. The lowest BCUT2D eigenvalue weighted by molar-refractivity contribution is -0.129. The first-order valence-corrected chi connectivity index (χ1v) is 9.60. The molecular weight excluding hydrogens is 368 g/mol. The molecule has 1 unspecified atom stereocenters. The van der Waals surface area contributed by atoms with Gasteiger partial charge in [-0.1, -0.05) is 18.2 Å². The lowest BCUT2D eigenvalue weighted by Gasteiger charge is -2.15. The summed E-state index contributed by atoms with van der Waals surface area (Å²) in [4.78, 5) is 29.7. The molecule has 1 aliphatic carbocycles. The first kappa shape index (κ1) is 18.9. The molecule has 0 radical (unpaired) electrons. The summed E-state index contributed by atoms with van der Waals surface area (Å²) in [5.41, 5.74) is 2.56. The van der Waals surface area contributed by atoms with Gasteiger partial charge in [0.2, 0.25) is 0 Å². The molecule has 1 saturated carbocycles. The lowest BCUT2D eigenvalue weighted by Crippen LogP contribution is -2.37. The summed E-state index contributed by atoms with van der Waals surface area (Å²) in [5, 5.41) is 3.54. The minimum Gasteiger partial charge on any atom is -0.497 e. The zero-order valence-electron chi connectivity index (χ0n) is 16.3. The van der Waals surface area contributed by atoms with Crippen LogP contribution in [0.25, 0.3) is 22.2 Å². The maximum absolute atomic E-state index is 12.9. The highest BCUT2D eigenvalue weighted by molar-refractivity contribution is 6.05. The Balaban J connectivity index is 1.66. The van der Waals surface area contributed by atoms with Gasteiger partial charge < -0.3 is 14.8 Å². The molecule has 0 aliphatic heterocycles. The number of nitrogens with one attached hydrogen (secondary N) is 1. The number of para-hydroxylation sites is 1. The third kappa shape index (κ3) is 4.21. The molecule has 6 nitrogen and oxygen atoms in total. The number of carbonyl (C=O) groups excluding carboxylic acids is 2. The van der Waals surface area contributed by atoms with Crippen molar-refractivity contribution in [2.75, 3.05) is 7.11 Å². The largest absolute Gasteiger partial charge is 0.497 e. The number of amides is 1. The topological polar surface area (TPSA) is 77.5 Å². The first-order chi connectivity index (χ1) is 14.0. The predicted octanol–water partition coefficient (Wildman–Crippen LogP) is 3.73. The maximum Gasteiger partial charge on any atom is 0.339 e. The van der Waals surface area contributed by atoms with Crippen LogP contribution < -0.4 is 10.1 Å². The quantitative estimate of drug-likeness (QED) is 0.649. The third-order valence-electron chi connectivity index (χ3n) is 4.90. The van der Waals surface area contributed by atoms with E-state index in [-0.39, 0.29) is 11.9 Å². The molecule has 148 valence electrons. The fourth-order valence-corrected chi connectivity index (χ4v) is 3.08. The molecule has 0 bridgehead atoms. The van der Waals surface area contributed by atoms with Crippen LogP contribution >= 0.6 is 0 Å². The van der Waals surface area contributed by atoms with E-state index < -0.39 is 12.1 Å². The molecule has 4 rings (SSSR count). The minimum atomic E-state index is -0.862. The van der Waals surface area contributed by atoms with Crippen molar-refractivity contribution in [1.29, 1.82) is 0 Å². The van der Waals surface area contributed by atoms with Crippen LogP contribution in [-0.2, 0) is 9.53 Å². The Morgan fingerprint density at radius 3 is 2.52 bits per heavy atom. The summed E-state index contributed by atoms with van der Waals surface area (Å²) < 4.78 is 10.7. The lowest BCUT2D eigenvalue weighted by atomic mass is 10.0. The summed E-state index contributed by atoms with van der Waals surface area (Å²) in [6.45, 7) is 1.59. The van der Waals surface area contributed by atoms with E-state index in [2.05, 4.69) is 10.3 Å². The van der Waals surface area contributed by atoms with E-state index in [1.165, 1.54) is 0 Å². The zero-order valence-corrected chi connectivity index (χ0v) is 16.3. The Kier molecular flexibility index (Phi) is 5.16. The Morgan fingerprint density at radius 2 is 1.83 bits per heavy atom. The van der Waals surface area contributed by atoms with Gasteiger partial charge in [0.15, 0.2) is 6.10 Å². The van der Waals surface area contributed by atoms with E-state index in [9.17, 15) is 9.59 Å². The molecule has 1 aliphatic rings. The van der Waals surface area contributed by atoms with Crippen LogP contribution in [0.15, 0.2) is 54.6 Å². The van der Waals surface area contributed by atoms with E-state index in [0.717, 1.165) is 24.2 Å². The van der Waals surface area contributed by atoms with Gasteiger partial charge in [-0.25, -0.2) is 9.78 Å². The van der Waals surface area contributed by atoms with E-state index in [4.69, 9.17) is 9.47 Å². The van der Waals surface area contributed by atoms with Gasteiger partial charge in [-0.05, 0) is 56.2 Å². The van der Waals surface area contributed by atoms with Gasteiger partial charge in [-0.3, -0.25) is 4.79 Å². The zero-order chi connectivity index (χ0) is 20.4. The van der Waals surface area contributed by atoms with Crippen LogP contribution in [0.4, 0.5) is 0 Å². The number of nitrogens with zero attached hydrogens (tertiary/aromatic N) is 1. The number of fused-ring (bicyclic) bond motifs is 1. The van der Waals surface area contributed by atoms with Crippen LogP contribution in [0, 0.1) is 0 Å². The van der Waals surface area contributed by atoms with Crippen molar-refractivity contribution in [2.24, 2.45) is 0 Å². The molecule has 6 heteroatoms. The van der Waals surface area contributed by atoms with Gasteiger partial charge in [0.25, 0.3) is 5.91 Å². The number of esters is 1. The average molecular weight is 390 g/mol. The summed E-state index contributed by atoms with van der Waals surface area (Å²) in [7, 11) is 1.61. The Morgan fingerprint density at radius 1 is 1.10 bits per heavy atom. The van der Waals surface area contributed by atoms with Gasteiger partial charge in [0.1, 0.15) is 5.75 Å². The number of benzene rings is 2. The summed E-state index contributed by atoms with van der Waals surface area (Å²) in [5.74, 6) is -0.0731. The second-order valence-corrected chi connectivity index (χ2v) is 7.13. The van der Waals surface area contributed by atoms with Crippen molar-refractivity contribution in [3.63, 3.8) is 0 Å². The molecule has 1 amide bonds. The smallest absolute Gasteiger partial charge is 0.339 e. The van der Waals surface area contributed by atoms with Crippen LogP contribution in [0.5, 0.6) is 5.75 Å². The van der Waals surface area contributed by atoms with Crippen molar-refractivity contribution in [3.05, 3.63) is 60.2 Å². The summed E-state index contributed by atoms with van der Waals surface area (Å²) >= 11 is 0. The van der Waals surface area contributed by atoms with Crippen molar-refractivity contribution in [1.82, 2.24) is 10.3 Å². The highest BCUT2D eigenvalue weighted by Crippen LogP contribution is 2.27. The number of carbonyl (C=O) groups is 2. The van der Waals surface area contributed by atoms with Crippen LogP contribution in [0.1, 0.15) is 30.1 Å². The fraction of sp³-hybridized carbons (Fsp3) is 0.261. The number of hydrogen-bond acceptors (Lipinski definition) is 5. The molecule has 1 aromatic heterocycles. The SMILES string of the molecule is COc1ccc(-c2cc(C(=O)OC(C)C(=O)NC3CC3)c3ccccc3n2)cc1.